The SMILES string of the molecule is CCCc1nc(NC)cc(Nc2cc(Br)c(F)cc2F)n1. The van der Waals surface area contributed by atoms with Gasteiger partial charge in [0.05, 0.1) is 10.2 Å². The van der Waals surface area contributed by atoms with E-state index in [1.165, 1.54) is 6.07 Å². The predicted octanol–water partition coefficient (Wildman–Crippen LogP) is 4.26. The smallest absolute Gasteiger partial charge is 0.149 e. The number of rotatable bonds is 5. The molecule has 0 bridgehead atoms. The molecule has 7 heteroatoms. The minimum Gasteiger partial charge on any atom is -0.373 e. The third-order valence-corrected chi connectivity index (χ3v) is 3.38. The van der Waals surface area contributed by atoms with E-state index >= 15 is 0 Å². The summed E-state index contributed by atoms with van der Waals surface area (Å²) in [6.07, 6.45) is 1.63. The summed E-state index contributed by atoms with van der Waals surface area (Å²) in [5.41, 5.74) is 0.145. The fourth-order valence-electron chi connectivity index (χ4n) is 1.78. The molecule has 0 fully saturated rings. The number of halogens is 3. The molecule has 0 spiro atoms. The van der Waals surface area contributed by atoms with E-state index in [1.807, 2.05) is 6.92 Å². The molecule has 0 saturated heterocycles. The topological polar surface area (TPSA) is 49.8 Å². The minimum absolute atomic E-state index is 0.145. The van der Waals surface area contributed by atoms with Gasteiger partial charge in [-0.05, 0) is 28.4 Å². The van der Waals surface area contributed by atoms with Crippen molar-refractivity contribution in [1.82, 2.24) is 9.97 Å². The maximum atomic E-state index is 13.8. The molecule has 0 aliphatic heterocycles. The second kappa shape index (κ2) is 6.80. The molecular weight excluding hydrogens is 342 g/mol. The average molecular weight is 357 g/mol. The van der Waals surface area contributed by atoms with E-state index in [4.69, 9.17) is 0 Å². The zero-order valence-electron chi connectivity index (χ0n) is 11.7. The first-order valence-corrected chi connectivity index (χ1v) is 7.30. The standard InChI is InChI=1S/C14H15BrF2N4/c1-3-4-12-20-13(18-2)7-14(21-12)19-11-5-8(15)9(16)6-10(11)17/h5-7H,3-4H2,1-2H3,(H2,18,19,20,21). The molecular formula is C14H15BrF2N4. The third kappa shape index (κ3) is 3.87. The fraction of sp³-hybridized carbons (Fsp3) is 0.286. The zero-order valence-corrected chi connectivity index (χ0v) is 13.3. The van der Waals surface area contributed by atoms with E-state index < -0.39 is 11.6 Å². The summed E-state index contributed by atoms with van der Waals surface area (Å²) in [7, 11) is 1.75. The van der Waals surface area contributed by atoms with E-state index in [0.29, 0.717) is 17.5 Å². The lowest BCUT2D eigenvalue weighted by molar-refractivity contribution is 0.581. The van der Waals surface area contributed by atoms with Crippen molar-refractivity contribution in [3.8, 4) is 0 Å². The molecule has 21 heavy (non-hydrogen) atoms. The molecule has 2 N–H and O–H groups in total. The average Bonchev–Trinajstić information content (AvgIpc) is 2.45. The number of aryl methyl sites for hydroxylation is 1. The Balaban J connectivity index is 2.34. The molecule has 0 saturated carbocycles. The van der Waals surface area contributed by atoms with Gasteiger partial charge < -0.3 is 10.6 Å². The van der Waals surface area contributed by atoms with Crippen LogP contribution in [0.3, 0.4) is 0 Å². The van der Waals surface area contributed by atoms with Crippen molar-refractivity contribution >= 4 is 33.3 Å². The number of aromatic nitrogens is 2. The summed E-state index contributed by atoms with van der Waals surface area (Å²) < 4.78 is 27.2. The van der Waals surface area contributed by atoms with Crippen LogP contribution in [-0.2, 0) is 6.42 Å². The third-order valence-electron chi connectivity index (χ3n) is 2.77. The molecule has 1 aromatic carbocycles. The van der Waals surface area contributed by atoms with Crippen LogP contribution in [0.25, 0.3) is 0 Å². The number of hydrogen-bond donors (Lipinski definition) is 2. The summed E-state index contributed by atoms with van der Waals surface area (Å²) in [4.78, 5) is 8.63. The van der Waals surface area contributed by atoms with Crippen molar-refractivity contribution in [2.75, 3.05) is 17.7 Å². The van der Waals surface area contributed by atoms with Crippen molar-refractivity contribution in [2.24, 2.45) is 0 Å². The van der Waals surface area contributed by atoms with Crippen LogP contribution in [-0.4, -0.2) is 17.0 Å². The van der Waals surface area contributed by atoms with Gasteiger partial charge in [0.25, 0.3) is 0 Å². The molecule has 0 amide bonds. The monoisotopic (exact) mass is 356 g/mol. The molecule has 2 aromatic rings. The van der Waals surface area contributed by atoms with Crippen molar-refractivity contribution in [1.29, 1.82) is 0 Å². The quantitative estimate of drug-likeness (QED) is 0.786. The highest BCUT2D eigenvalue weighted by Crippen LogP contribution is 2.26. The highest BCUT2D eigenvalue weighted by Gasteiger charge is 2.10. The Bertz CT molecular complexity index is 649. The summed E-state index contributed by atoms with van der Waals surface area (Å²) in [5.74, 6) is 0.418. The number of benzene rings is 1. The Morgan fingerprint density at radius 3 is 2.48 bits per heavy atom. The first kappa shape index (κ1) is 15.6. The van der Waals surface area contributed by atoms with Crippen LogP contribution >= 0.6 is 15.9 Å². The maximum Gasteiger partial charge on any atom is 0.149 e. The van der Waals surface area contributed by atoms with Crippen LogP contribution in [0.15, 0.2) is 22.7 Å². The maximum absolute atomic E-state index is 13.8. The Morgan fingerprint density at radius 2 is 1.81 bits per heavy atom. The van der Waals surface area contributed by atoms with Gasteiger partial charge in [0.15, 0.2) is 0 Å². The minimum atomic E-state index is -0.683. The molecule has 0 aliphatic rings. The van der Waals surface area contributed by atoms with Crippen molar-refractivity contribution < 1.29 is 8.78 Å². The molecule has 2 rings (SSSR count). The molecule has 0 unspecified atom stereocenters. The molecule has 0 aliphatic carbocycles. The highest BCUT2D eigenvalue weighted by atomic mass is 79.9. The zero-order chi connectivity index (χ0) is 15.4. The Hall–Kier alpha value is -1.76. The molecule has 112 valence electrons. The van der Waals surface area contributed by atoms with Crippen LogP contribution in [0.4, 0.5) is 26.1 Å². The largest absolute Gasteiger partial charge is 0.373 e. The number of nitrogens with zero attached hydrogens (tertiary/aromatic N) is 2. The van der Waals surface area contributed by atoms with E-state index in [0.717, 1.165) is 18.9 Å². The number of hydrogen-bond acceptors (Lipinski definition) is 4. The fourth-order valence-corrected chi connectivity index (χ4v) is 2.12. The van der Waals surface area contributed by atoms with Crippen molar-refractivity contribution in [3.05, 3.63) is 40.1 Å². The Morgan fingerprint density at radius 1 is 1.10 bits per heavy atom. The Labute approximate surface area is 130 Å². The Kier molecular flexibility index (Phi) is 5.06. The summed E-state index contributed by atoms with van der Waals surface area (Å²) in [6, 6.07) is 3.82. The van der Waals surface area contributed by atoms with Gasteiger partial charge in [-0.2, -0.15) is 0 Å². The van der Waals surface area contributed by atoms with Crippen LogP contribution in [0.2, 0.25) is 0 Å². The molecule has 1 heterocycles. The normalized spacial score (nSPS) is 10.5. The summed E-state index contributed by atoms with van der Waals surface area (Å²) in [5, 5.41) is 5.78. The number of nitrogens with one attached hydrogen (secondary N) is 2. The molecule has 1 aromatic heterocycles. The van der Waals surface area contributed by atoms with Crippen LogP contribution in [0.1, 0.15) is 19.2 Å². The van der Waals surface area contributed by atoms with Gasteiger partial charge in [0.2, 0.25) is 0 Å². The summed E-state index contributed by atoms with van der Waals surface area (Å²) >= 11 is 3.03. The van der Waals surface area contributed by atoms with Crippen LogP contribution < -0.4 is 10.6 Å². The lowest BCUT2D eigenvalue weighted by Gasteiger charge is -2.11. The van der Waals surface area contributed by atoms with Gasteiger partial charge in [-0.1, -0.05) is 6.92 Å². The van der Waals surface area contributed by atoms with Crippen molar-refractivity contribution in [2.45, 2.75) is 19.8 Å². The molecule has 0 atom stereocenters. The van der Waals surface area contributed by atoms with Gasteiger partial charge >= 0.3 is 0 Å². The van der Waals surface area contributed by atoms with Gasteiger partial charge in [-0.25, -0.2) is 18.7 Å². The number of anilines is 3. The van der Waals surface area contributed by atoms with Crippen LogP contribution in [0, 0.1) is 11.6 Å². The second-order valence-electron chi connectivity index (χ2n) is 4.43. The molecule has 0 radical (unpaired) electrons. The lowest BCUT2D eigenvalue weighted by Crippen LogP contribution is -2.04. The van der Waals surface area contributed by atoms with Gasteiger partial charge in [0, 0.05) is 25.6 Å². The van der Waals surface area contributed by atoms with Crippen LogP contribution in [0.5, 0.6) is 0 Å². The van der Waals surface area contributed by atoms with Gasteiger partial charge in [-0.15, -0.1) is 0 Å². The highest BCUT2D eigenvalue weighted by molar-refractivity contribution is 9.10. The predicted molar refractivity (Wildman–Crippen MR) is 82.9 cm³/mol. The first-order valence-electron chi connectivity index (χ1n) is 6.50. The summed E-state index contributed by atoms with van der Waals surface area (Å²) in [6.45, 7) is 2.03. The van der Waals surface area contributed by atoms with Gasteiger partial charge in [-0.3, -0.25) is 0 Å². The van der Waals surface area contributed by atoms with E-state index in [2.05, 4.69) is 36.5 Å². The van der Waals surface area contributed by atoms with E-state index in [1.54, 1.807) is 13.1 Å². The second-order valence-corrected chi connectivity index (χ2v) is 5.28. The van der Waals surface area contributed by atoms with E-state index in [-0.39, 0.29) is 10.2 Å². The lowest BCUT2D eigenvalue weighted by atomic mass is 10.3. The first-order chi connectivity index (χ1) is 10.0. The van der Waals surface area contributed by atoms with Gasteiger partial charge in [0.1, 0.15) is 29.1 Å². The van der Waals surface area contributed by atoms with Crippen molar-refractivity contribution in [3.63, 3.8) is 0 Å². The van der Waals surface area contributed by atoms with E-state index in [9.17, 15) is 8.78 Å². The molecule has 4 nitrogen and oxygen atoms in total.